The molecule has 7 N–H and O–H groups in total. The van der Waals surface area contributed by atoms with Gasteiger partial charge in [0.05, 0.1) is 18.8 Å². The minimum atomic E-state index is -0.936. The molecule has 0 aliphatic carbocycles. The van der Waals surface area contributed by atoms with Gasteiger partial charge < -0.3 is 26.6 Å². The van der Waals surface area contributed by atoms with Crippen LogP contribution in [0.3, 0.4) is 0 Å². The van der Waals surface area contributed by atoms with Gasteiger partial charge in [0.15, 0.2) is 23.2 Å². The minimum absolute atomic E-state index is 0.00826. The van der Waals surface area contributed by atoms with Crippen molar-refractivity contribution >= 4 is 17.2 Å². The van der Waals surface area contributed by atoms with Crippen LogP contribution in [0.25, 0.3) is 5.82 Å². The number of nitrogens with zero attached hydrogens (tertiary/aromatic N) is 4. The Morgan fingerprint density at radius 1 is 1.26 bits per heavy atom. The van der Waals surface area contributed by atoms with Gasteiger partial charge in [-0.1, -0.05) is 13.0 Å². The summed E-state index contributed by atoms with van der Waals surface area (Å²) in [6, 6.07) is 11.1. The second kappa shape index (κ2) is 10.3. The lowest BCUT2D eigenvalue weighted by Gasteiger charge is -2.21. The Morgan fingerprint density at radius 3 is 2.87 bits per heavy atom. The molecule has 1 atom stereocenters. The number of nitrogens with one attached hydrogen (secondary N) is 2. The van der Waals surface area contributed by atoms with E-state index in [1.54, 1.807) is 30.3 Å². The highest BCUT2D eigenvalue weighted by Gasteiger charge is 2.27. The van der Waals surface area contributed by atoms with Crippen molar-refractivity contribution in [3.63, 3.8) is 0 Å². The predicted octanol–water partition coefficient (Wildman–Crippen LogP) is 2.03. The van der Waals surface area contributed by atoms with Gasteiger partial charge in [0, 0.05) is 23.0 Å². The van der Waals surface area contributed by atoms with E-state index in [2.05, 4.69) is 25.4 Å². The third kappa shape index (κ3) is 4.68. The first-order chi connectivity index (χ1) is 18.4. The molecule has 1 aliphatic rings. The fourth-order valence-corrected chi connectivity index (χ4v) is 4.33. The SMILES string of the molecule is CCc1cc(OCCO)c(F)c(C(Nc2ccc3c(c2)CN=C3N)c2nn(-c3ncccc3N)c(=O)[nH]2)c1. The quantitative estimate of drug-likeness (QED) is 0.224. The Labute approximate surface area is 217 Å². The maximum absolute atomic E-state index is 15.9. The number of hydrogen-bond donors (Lipinski definition) is 5. The Bertz CT molecular complexity index is 1580. The lowest BCUT2D eigenvalue weighted by molar-refractivity contribution is 0.196. The summed E-state index contributed by atoms with van der Waals surface area (Å²) in [5.74, 6) is 0.0995. The lowest BCUT2D eigenvalue weighted by Crippen LogP contribution is -2.18. The second-order valence-electron chi connectivity index (χ2n) is 8.72. The second-order valence-corrected chi connectivity index (χ2v) is 8.72. The standard InChI is InChI=1S/C26H27FN8O3/c1-2-14-10-18(21(27)20(11-14)38-9-8-36)22(32-16-5-6-17-15(12-16)13-31-23(17)29)24-33-26(37)35(34-24)25-19(28)4-3-7-30-25/h3-7,10-12,22,32,36H,2,8-9,13,28H2,1H3,(H2,29,31)(H,33,34,37). The van der Waals surface area contributed by atoms with E-state index in [0.717, 1.165) is 21.4 Å². The highest BCUT2D eigenvalue weighted by atomic mass is 19.1. The molecule has 196 valence electrons. The number of aryl methyl sites for hydroxylation is 1. The number of aromatic nitrogens is 4. The molecule has 3 heterocycles. The van der Waals surface area contributed by atoms with Crippen LogP contribution in [0.4, 0.5) is 15.8 Å². The van der Waals surface area contributed by atoms with Crippen LogP contribution in [-0.2, 0) is 13.0 Å². The first-order valence-corrected chi connectivity index (χ1v) is 12.1. The van der Waals surface area contributed by atoms with Gasteiger partial charge in [-0.05, 0) is 53.9 Å². The molecular weight excluding hydrogens is 491 g/mol. The highest BCUT2D eigenvalue weighted by molar-refractivity contribution is 6.01. The maximum atomic E-state index is 15.9. The number of halogens is 1. The molecule has 0 amide bonds. The van der Waals surface area contributed by atoms with Gasteiger partial charge in [0.25, 0.3) is 0 Å². The molecule has 38 heavy (non-hydrogen) atoms. The zero-order valence-electron chi connectivity index (χ0n) is 20.6. The zero-order valence-corrected chi connectivity index (χ0v) is 20.6. The number of H-pyrrole nitrogens is 1. The van der Waals surface area contributed by atoms with E-state index in [1.807, 2.05) is 19.1 Å². The fraction of sp³-hybridized carbons (Fsp3) is 0.231. The average molecular weight is 519 g/mol. The molecule has 0 saturated heterocycles. The van der Waals surface area contributed by atoms with Crippen molar-refractivity contribution in [2.75, 3.05) is 24.3 Å². The average Bonchev–Trinajstić information content (AvgIpc) is 3.49. The fourth-order valence-electron chi connectivity index (χ4n) is 4.33. The van der Waals surface area contributed by atoms with Crippen molar-refractivity contribution in [1.82, 2.24) is 19.7 Å². The summed E-state index contributed by atoms with van der Waals surface area (Å²) in [5.41, 5.74) is 15.0. The van der Waals surface area contributed by atoms with Crippen molar-refractivity contribution in [3.8, 4) is 11.6 Å². The number of aliphatic imine (C=N–C) groups is 1. The smallest absolute Gasteiger partial charge is 0.349 e. The summed E-state index contributed by atoms with van der Waals surface area (Å²) >= 11 is 0. The number of ether oxygens (including phenoxy) is 1. The van der Waals surface area contributed by atoms with E-state index >= 15 is 4.39 Å². The van der Waals surface area contributed by atoms with Crippen LogP contribution in [0.5, 0.6) is 5.75 Å². The van der Waals surface area contributed by atoms with Gasteiger partial charge in [-0.15, -0.1) is 5.10 Å². The first-order valence-electron chi connectivity index (χ1n) is 12.1. The van der Waals surface area contributed by atoms with E-state index < -0.39 is 17.5 Å². The molecule has 0 saturated carbocycles. The van der Waals surface area contributed by atoms with Crippen molar-refractivity contribution < 1.29 is 14.2 Å². The molecule has 1 aliphatic heterocycles. The topological polar surface area (TPSA) is 169 Å². The summed E-state index contributed by atoms with van der Waals surface area (Å²) in [4.78, 5) is 24.1. The molecule has 0 fully saturated rings. The van der Waals surface area contributed by atoms with E-state index in [-0.39, 0.29) is 41.9 Å². The van der Waals surface area contributed by atoms with E-state index in [4.69, 9.17) is 16.2 Å². The molecule has 4 aromatic rings. The van der Waals surface area contributed by atoms with Gasteiger partial charge in [0.1, 0.15) is 18.5 Å². The number of fused-ring (bicyclic) bond motifs is 1. The predicted molar refractivity (Wildman–Crippen MR) is 141 cm³/mol. The number of anilines is 2. The normalized spacial score (nSPS) is 13.2. The number of aliphatic hydroxyl groups excluding tert-OH is 1. The molecule has 11 nitrogen and oxygen atoms in total. The van der Waals surface area contributed by atoms with Crippen molar-refractivity contribution in [1.29, 1.82) is 0 Å². The number of nitrogen functional groups attached to an aromatic ring is 1. The number of pyridine rings is 1. The van der Waals surface area contributed by atoms with Crippen LogP contribution < -0.4 is 27.2 Å². The van der Waals surface area contributed by atoms with Gasteiger partial charge in [-0.25, -0.2) is 14.2 Å². The van der Waals surface area contributed by atoms with Crippen molar-refractivity contribution in [3.05, 3.63) is 93.0 Å². The summed E-state index contributed by atoms with van der Waals surface area (Å²) in [7, 11) is 0. The number of amidine groups is 1. The minimum Gasteiger partial charge on any atom is -0.488 e. The molecule has 1 unspecified atom stereocenters. The summed E-state index contributed by atoms with van der Waals surface area (Å²) in [5, 5.41) is 17.0. The molecule has 2 aromatic heterocycles. The largest absolute Gasteiger partial charge is 0.488 e. The van der Waals surface area contributed by atoms with Crippen LogP contribution in [0, 0.1) is 5.82 Å². The third-order valence-electron chi connectivity index (χ3n) is 6.23. The van der Waals surface area contributed by atoms with Gasteiger partial charge >= 0.3 is 5.69 Å². The first kappa shape index (κ1) is 25.0. The molecule has 0 radical (unpaired) electrons. The number of aromatic amines is 1. The lowest BCUT2D eigenvalue weighted by atomic mass is 9.99. The van der Waals surface area contributed by atoms with Crippen LogP contribution in [0.15, 0.2) is 58.4 Å². The van der Waals surface area contributed by atoms with Crippen LogP contribution in [0.2, 0.25) is 0 Å². The van der Waals surface area contributed by atoms with Crippen LogP contribution in [-0.4, -0.2) is 43.9 Å². The number of hydrogen-bond acceptors (Lipinski definition) is 9. The van der Waals surface area contributed by atoms with Gasteiger partial charge in [-0.3, -0.25) is 9.98 Å². The van der Waals surface area contributed by atoms with E-state index in [1.165, 1.54) is 6.20 Å². The molecule has 2 aromatic carbocycles. The van der Waals surface area contributed by atoms with Crippen molar-refractivity contribution in [2.45, 2.75) is 25.9 Å². The van der Waals surface area contributed by atoms with Crippen LogP contribution in [0.1, 0.15) is 41.0 Å². The Hall–Kier alpha value is -4.71. The molecule has 5 rings (SSSR count). The molecule has 12 heteroatoms. The maximum Gasteiger partial charge on any atom is 0.349 e. The van der Waals surface area contributed by atoms with E-state index in [0.29, 0.717) is 24.5 Å². The summed E-state index contributed by atoms with van der Waals surface area (Å²) in [6.45, 7) is 2.03. The number of rotatable bonds is 9. The number of nitrogens with two attached hydrogens (primary N) is 2. The van der Waals surface area contributed by atoms with Gasteiger partial charge in [0.2, 0.25) is 0 Å². The summed E-state index contributed by atoms with van der Waals surface area (Å²) < 4.78 is 22.4. The van der Waals surface area contributed by atoms with E-state index in [9.17, 15) is 9.90 Å². The van der Waals surface area contributed by atoms with Gasteiger partial charge in [-0.2, -0.15) is 4.68 Å². The Kier molecular flexibility index (Phi) is 6.79. The summed E-state index contributed by atoms with van der Waals surface area (Å²) in [6.07, 6.45) is 2.09. The molecule has 0 spiro atoms. The monoisotopic (exact) mass is 518 g/mol. The number of aliphatic hydroxyl groups is 1. The van der Waals surface area contributed by atoms with Crippen LogP contribution >= 0.6 is 0 Å². The third-order valence-corrected chi connectivity index (χ3v) is 6.23. The van der Waals surface area contributed by atoms with Crippen molar-refractivity contribution in [2.24, 2.45) is 10.7 Å². The molecular formula is C26H27FN8O3. The number of benzene rings is 2. The highest BCUT2D eigenvalue weighted by Crippen LogP contribution is 2.33. The molecule has 0 bridgehead atoms. The zero-order chi connectivity index (χ0) is 26.8. The Balaban J connectivity index is 1.64. The Morgan fingerprint density at radius 2 is 2.11 bits per heavy atom.